The van der Waals surface area contributed by atoms with Gasteiger partial charge in [0.25, 0.3) is 0 Å². The molecule has 0 aliphatic heterocycles. The number of aliphatic hydroxyl groups is 1. The van der Waals surface area contributed by atoms with E-state index in [0.29, 0.717) is 13.0 Å². The molecule has 0 aromatic carbocycles. The van der Waals surface area contributed by atoms with Crippen molar-refractivity contribution in [2.75, 3.05) is 20.3 Å². The molecule has 0 saturated carbocycles. The van der Waals surface area contributed by atoms with Gasteiger partial charge in [0.15, 0.2) is 0 Å². The lowest BCUT2D eigenvalue weighted by molar-refractivity contribution is 0.130. The molecule has 0 bridgehead atoms. The lowest BCUT2D eigenvalue weighted by atomic mass is 10.1. The summed E-state index contributed by atoms with van der Waals surface area (Å²) in [6.45, 7) is 1.29. The number of nitrogens with two attached hydrogens (primary N) is 1. The molecular formula is C7H17NO2. The quantitative estimate of drug-likeness (QED) is 0.525. The molecule has 0 aliphatic carbocycles. The Bertz CT molecular complexity index is 68.6. The molecule has 0 aromatic heterocycles. The van der Waals surface area contributed by atoms with E-state index < -0.39 is 0 Å². The summed E-state index contributed by atoms with van der Waals surface area (Å²) in [5, 5.41) is 9.14. The Labute approximate surface area is 62.2 Å². The lowest BCUT2D eigenvalue weighted by Crippen LogP contribution is -2.13. The van der Waals surface area contributed by atoms with Crippen molar-refractivity contribution in [3.8, 4) is 0 Å². The smallest absolute Gasteiger partial charge is 0.0553 e. The summed E-state index contributed by atoms with van der Waals surface area (Å²) in [6, 6.07) is 0. The van der Waals surface area contributed by atoms with Crippen LogP contribution in [0.25, 0.3) is 0 Å². The van der Waals surface area contributed by atoms with E-state index in [1.807, 2.05) is 0 Å². The number of ether oxygens (including phenoxy) is 1. The van der Waals surface area contributed by atoms with Gasteiger partial charge < -0.3 is 15.6 Å². The fourth-order valence-corrected chi connectivity index (χ4v) is 0.800. The van der Waals surface area contributed by atoms with Crippen molar-refractivity contribution >= 4 is 0 Å². The highest BCUT2D eigenvalue weighted by atomic mass is 16.5. The van der Waals surface area contributed by atoms with Crippen LogP contribution in [0.5, 0.6) is 0 Å². The average molecular weight is 147 g/mol. The van der Waals surface area contributed by atoms with Crippen molar-refractivity contribution < 1.29 is 9.84 Å². The minimum absolute atomic E-state index is 0.236. The van der Waals surface area contributed by atoms with E-state index in [9.17, 15) is 0 Å². The zero-order valence-corrected chi connectivity index (χ0v) is 6.55. The Kier molecular flexibility index (Phi) is 6.91. The molecule has 0 saturated heterocycles. The molecule has 0 heterocycles. The van der Waals surface area contributed by atoms with Crippen LogP contribution >= 0.6 is 0 Å². The second kappa shape index (κ2) is 6.99. The SMILES string of the molecule is COCCCC(O)CCN. The highest BCUT2D eigenvalue weighted by Crippen LogP contribution is 1.99. The third-order valence-corrected chi connectivity index (χ3v) is 1.39. The molecule has 3 heteroatoms. The molecule has 3 nitrogen and oxygen atoms in total. The highest BCUT2D eigenvalue weighted by Gasteiger charge is 2.00. The fraction of sp³-hybridized carbons (Fsp3) is 1.00. The highest BCUT2D eigenvalue weighted by molar-refractivity contribution is 4.55. The van der Waals surface area contributed by atoms with Crippen LogP contribution < -0.4 is 5.73 Å². The van der Waals surface area contributed by atoms with Gasteiger partial charge in [0.1, 0.15) is 0 Å². The minimum atomic E-state index is -0.236. The van der Waals surface area contributed by atoms with Crippen molar-refractivity contribution in [2.45, 2.75) is 25.4 Å². The molecule has 0 rings (SSSR count). The third kappa shape index (κ3) is 6.01. The monoisotopic (exact) mass is 147 g/mol. The van der Waals surface area contributed by atoms with E-state index in [-0.39, 0.29) is 6.10 Å². The molecule has 0 aromatic rings. The van der Waals surface area contributed by atoms with Crippen LogP contribution in [0, 0.1) is 0 Å². The summed E-state index contributed by atoms with van der Waals surface area (Å²) < 4.78 is 4.83. The molecular weight excluding hydrogens is 130 g/mol. The summed E-state index contributed by atoms with van der Waals surface area (Å²) in [4.78, 5) is 0. The van der Waals surface area contributed by atoms with E-state index in [1.165, 1.54) is 0 Å². The fourth-order valence-electron chi connectivity index (χ4n) is 0.800. The van der Waals surface area contributed by atoms with E-state index in [1.54, 1.807) is 7.11 Å². The maximum Gasteiger partial charge on any atom is 0.0553 e. The van der Waals surface area contributed by atoms with Gasteiger partial charge in [-0.1, -0.05) is 0 Å². The Morgan fingerprint density at radius 1 is 1.50 bits per heavy atom. The van der Waals surface area contributed by atoms with Gasteiger partial charge in [-0.15, -0.1) is 0 Å². The number of aliphatic hydroxyl groups excluding tert-OH is 1. The summed E-state index contributed by atoms with van der Waals surface area (Å²) in [7, 11) is 1.66. The van der Waals surface area contributed by atoms with Gasteiger partial charge in [0.2, 0.25) is 0 Å². The van der Waals surface area contributed by atoms with Gasteiger partial charge in [-0.2, -0.15) is 0 Å². The largest absolute Gasteiger partial charge is 0.393 e. The number of methoxy groups -OCH3 is 1. The van der Waals surface area contributed by atoms with Crippen molar-refractivity contribution in [2.24, 2.45) is 5.73 Å². The van der Waals surface area contributed by atoms with Crippen LogP contribution in [0.4, 0.5) is 0 Å². The van der Waals surface area contributed by atoms with Gasteiger partial charge in [-0.25, -0.2) is 0 Å². The zero-order chi connectivity index (χ0) is 7.82. The van der Waals surface area contributed by atoms with Crippen molar-refractivity contribution in [1.82, 2.24) is 0 Å². The summed E-state index contributed by atoms with van der Waals surface area (Å²) in [5.41, 5.74) is 5.24. The van der Waals surface area contributed by atoms with Crippen molar-refractivity contribution in [3.05, 3.63) is 0 Å². The average Bonchev–Trinajstić information content (AvgIpc) is 1.89. The maximum atomic E-state index is 9.14. The summed E-state index contributed by atoms with van der Waals surface area (Å²) in [6.07, 6.45) is 2.17. The first-order valence-corrected chi connectivity index (χ1v) is 3.68. The number of rotatable bonds is 6. The van der Waals surface area contributed by atoms with Crippen LogP contribution in [0.2, 0.25) is 0 Å². The molecule has 62 valence electrons. The first-order valence-electron chi connectivity index (χ1n) is 3.68. The van der Waals surface area contributed by atoms with Crippen LogP contribution in [-0.4, -0.2) is 31.5 Å². The Morgan fingerprint density at radius 2 is 2.20 bits per heavy atom. The molecule has 0 aliphatic rings. The molecule has 0 spiro atoms. The van der Waals surface area contributed by atoms with Gasteiger partial charge >= 0.3 is 0 Å². The predicted molar refractivity (Wildman–Crippen MR) is 40.8 cm³/mol. The first kappa shape index (κ1) is 9.88. The maximum absolute atomic E-state index is 9.14. The van der Waals surface area contributed by atoms with Crippen LogP contribution in [0.1, 0.15) is 19.3 Å². The molecule has 10 heavy (non-hydrogen) atoms. The first-order chi connectivity index (χ1) is 4.81. The molecule has 3 N–H and O–H groups in total. The van der Waals surface area contributed by atoms with E-state index in [2.05, 4.69) is 0 Å². The van der Waals surface area contributed by atoms with Crippen molar-refractivity contribution in [3.63, 3.8) is 0 Å². The topological polar surface area (TPSA) is 55.5 Å². The Hall–Kier alpha value is -0.120. The Balaban J connectivity index is 2.97. The number of hydrogen-bond donors (Lipinski definition) is 2. The van der Waals surface area contributed by atoms with Gasteiger partial charge in [-0.05, 0) is 25.8 Å². The van der Waals surface area contributed by atoms with E-state index in [0.717, 1.165) is 19.4 Å². The van der Waals surface area contributed by atoms with E-state index >= 15 is 0 Å². The van der Waals surface area contributed by atoms with Gasteiger partial charge in [-0.3, -0.25) is 0 Å². The molecule has 0 amide bonds. The van der Waals surface area contributed by atoms with Crippen LogP contribution in [0.15, 0.2) is 0 Å². The lowest BCUT2D eigenvalue weighted by Gasteiger charge is -2.07. The third-order valence-electron chi connectivity index (χ3n) is 1.39. The second-order valence-electron chi connectivity index (χ2n) is 2.37. The normalized spacial score (nSPS) is 13.5. The van der Waals surface area contributed by atoms with E-state index in [4.69, 9.17) is 15.6 Å². The second-order valence-corrected chi connectivity index (χ2v) is 2.37. The molecule has 0 radical (unpaired) electrons. The summed E-state index contributed by atoms with van der Waals surface area (Å²) >= 11 is 0. The molecule has 0 fully saturated rings. The Morgan fingerprint density at radius 3 is 2.70 bits per heavy atom. The summed E-state index contributed by atoms with van der Waals surface area (Å²) in [5.74, 6) is 0. The van der Waals surface area contributed by atoms with Gasteiger partial charge in [0, 0.05) is 13.7 Å². The standard InChI is InChI=1S/C7H17NO2/c1-10-6-2-3-7(9)4-5-8/h7,9H,2-6,8H2,1H3. The molecule has 1 unspecified atom stereocenters. The zero-order valence-electron chi connectivity index (χ0n) is 6.55. The minimum Gasteiger partial charge on any atom is -0.393 e. The van der Waals surface area contributed by atoms with Crippen LogP contribution in [0.3, 0.4) is 0 Å². The van der Waals surface area contributed by atoms with Crippen LogP contribution in [-0.2, 0) is 4.74 Å². The van der Waals surface area contributed by atoms with Gasteiger partial charge in [0.05, 0.1) is 6.10 Å². The number of hydrogen-bond acceptors (Lipinski definition) is 3. The predicted octanol–water partition coefficient (Wildman–Crippen LogP) is 0.123. The molecule has 1 atom stereocenters. The van der Waals surface area contributed by atoms with Crippen molar-refractivity contribution in [1.29, 1.82) is 0 Å².